The van der Waals surface area contributed by atoms with Crippen LogP contribution in [0.15, 0.2) is 83.9 Å². The number of amides is 2. The molecule has 0 radical (unpaired) electrons. The van der Waals surface area contributed by atoms with Gasteiger partial charge in [0.2, 0.25) is 0 Å². The molecule has 5 aromatic rings. The molecule has 2 amide bonds. The smallest absolute Gasteiger partial charge is 0.301 e. The zero-order chi connectivity index (χ0) is 29.1. The number of benzene rings is 3. The summed E-state index contributed by atoms with van der Waals surface area (Å²) in [6.45, 7) is 1.24. The molecule has 1 fully saturated rings. The van der Waals surface area contributed by atoms with Crippen LogP contribution in [0.4, 0.5) is 4.39 Å². The highest BCUT2D eigenvalue weighted by molar-refractivity contribution is 7.04. The van der Waals surface area contributed by atoms with Gasteiger partial charge in [-0.1, -0.05) is 35.5 Å². The summed E-state index contributed by atoms with van der Waals surface area (Å²) in [4.78, 5) is 33.5. The van der Waals surface area contributed by atoms with Gasteiger partial charge < -0.3 is 9.64 Å². The minimum atomic E-state index is -0.680. The molecule has 3 heterocycles. The topological polar surface area (TPSA) is 108 Å². The number of likely N-dealkylation sites (tertiary alicyclic amines) is 1. The summed E-state index contributed by atoms with van der Waals surface area (Å²) >= 11 is 1.08. The fourth-order valence-electron chi connectivity index (χ4n) is 4.74. The number of carbonyl (C=O) groups is 2. The van der Waals surface area contributed by atoms with Gasteiger partial charge in [-0.3, -0.25) is 9.59 Å². The van der Waals surface area contributed by atoms with Crippen LogP contribution >= 0.6 is 11.5 Å². The van der Waals surface area contributed by atoms with Crippen molar-refractivity contribution in [2.24, 2.45) is 4.99 Å². The highest BCUT2D eigenvalue weighted by atomic mass is 32.1. The van der Waals surface area contributed by atoms with E-state index in [1.807, 2.05) is 42.5 Å². The van der Waals surface area contributed by atoms with Crippen LogP contribution in [-0.2, 0) is 0 Å². The first-order chi connectivity index (χ1) is 20.5. The van der Waals surface area contributed by atoms with Gasteiger partial charge in [-0.15, -0.1) is 10.2 Å². The Kier molecular flexibility index (Phi) is 7.69. The molecule has 1 aliphatic rings. The third-order valence-electron chi connectivity index (χ3n) is 6.90. The molecule has 0 N–H and O–H groups in total. The largest absolute Gasteiger partial charge is 0.497 e. The van der Waals surface area contributed by atoms with E-state index in [0.29, 0.717) is 41.5 Å². The zero-order valence-electron chi connectivity index (χ0n) is 22.7. The van der Waals surface area contributed by atoms with E-state index in [9.17, 15) is 14.0 Å². The predicted octanol–water partition coefficient (Wildman–Crippen LogP) is 4.70. The molecule has 1 saturated heterocycles. The molecule has 6 rings (SSSR count). The molecule has 0 spiro atoms. The van der Waals surface area contributed by atoms with Crippen molar-refractivity contribution in [3.8, 4) is 28.4 Å². The molecular formula is C30H26FN7O3S. The summed E-state index contributed by atoms with van der Waals surface area (Å²) in [5.74, 6) is -0.672. The Morgan fingerprint density at radius 2 is 1.57 bits per heavy atom. The van der Waals surface area contributed by atoms with Crippen LogP contribution in [-0.4, -0.2) is 61.1 Å². The minimum Gasteiger partial charge on any atom is -0.497 e. The lowest BCUT2D eigenvalue weighted by Crippen LogP contribution is -2.38. The van der Waals surface area contributed by atoms with E-state index in [1.54, 1.807) is 40.3 Å². The van der Waals surface area contributed by atoms with E-state index < -0.39 is 11.7 Å². The second-order valence-electron chi connectivity index (χ2n) is 9.63. The number of carbonyl (C=O) groups excluding carboxylic acids is 2. The van der Waals surface area contributed by atoms with Gasteiger partial charge in [0, 0.05) is 18.7 Å². The third kappa shape index (κ3) is 5.48. The lowest BCUT2D eigenvalue weighted by Gasteiger charge is -2.25. The SMILES string of the molecule is COc1ccc(-n2nc(C(=O)N3CCCCC3)c(=NC(=O)c3nnn(-c4ccc(F)cc4)c3-c3ccccc3)s2)cc1. The Balaban J connectivity index is 1.46. The van der Waals surface area contributed by atoms with E-state index in [-0.39, 0.29) is 22.0 Å². The van der Waals surface area contributed by atoms with E-state index in [4.69, 9.17) is 4.74 Å². The number of piperidine rings is 1. The van der Waals surface area contributed by atoms with Crippen molar-refractivity contribution in [2.45, 2.75) is 19.3 Å². The summed E-state index contributed by atoms with van der Waals surface area (Å²) < 4.78 is 22.1. The second kappa shape index (κ2) is 11.9. The fraction of sp³-hybridized carbons (Fsp3) is 0.200. The van der Waals surface area contributed by atoms with Crippen LogP contribution < -0.4 is 9.41 Å². The van der Waals surface area contributed by atoms with Gasteiger partial charge in [0.15, 0.2) is 16.1 Å². The molecule has 0 atom stereocenters. The van der Waals surface area contributed by atoms with Gasteiger partial charge >= 0.3 is 5.91 Å². The van der Waals surface area contributed by atoms with Crippen molar-refractivity contribution in [2.75, 3.05) is 20.2 Å². The fourth-order valence-corrected chi connectivity index (χ4v) is 5.59. The predicted molar refractivity (Wildman–Crippen MR) is 154 cm³/mol. The number of rotatable bonds is 6. The Hall–Kier alpha value is -4.97. The van der Waals surface area contributed by atoms with Crippen molar-refractivity contribution in [1.29, 1.82) is 0 Å². The molecule has 2 aromatic heterocycles. The number of nitrogens with zero attached hydrogens (tertiary/aromatic N) is 7. The lowest BCUT2D eigenvalue weighted by atomic mass is 10.1. The van der Waals surface area contributed by atoms with Gasteiger partial charge in [0.05, 0.1) is 18.5 Å². The standard InChI is InChI=1S/C30H26FN7O3S/c1-41-24-16-14-23(15-17-24)38-34-26(30(40)36-18-6-3-7-19-36)29(42-38)32-28(39)25-27(20-8-4-2-5-9-20)37(35-33-25)22-12-10-21(31)11-13-22/h2,4-5,8-17H,3,6-7,18-19H2,1H3. The lowest BCUT2D eigenvalue weighted by molar-refractivity contribution is 0.0716. The Labute approximate surface area is 244 Å². The number of halogens is 1. The van der Waals surface area contributed by atoms with E-state index in [1.165, 1.54) is 16.8 Å². The second-order valence-corrected chi connectivity index (χ2v) is 10.5. The molecule has 10 nitrogen and oxygen atoms in total. The van der Waals surface area contributed by atoms with Crippen LogP contribution in [0.3, 0.4) is 0 Å². The number of methoxy groups -OCH3 is 1. The van der Waals surface area contributed by atoms with Crippen molar-refractivity contribution in [1.82, 2.24) is 29.1 Å². The number of aromatic nitrogens is 5. The Morgan fingerprint density at radius 3 is 2.26 bits per heavy atom. The molecule has 3 aromatic carbocycles. The average molecular weight is 584 g/mol. The summed E-state index contributed by atoms with van der Waals surface area (Å²) in [6.07, 6.45) is 2.88. The third-order valence-corrected chi connectivity index (χ3v) is 7.82. The van der Waals surface area contributed by atoms with Gasteiger partial charge in [-0.05, 0) is 79.3 Å². The molecular weight excluding hydrogens is 557 g/mol. The molecule has 0 unspecified atom stereocenters. The van der Waals surface area contributed by atoms with E-state index >= 15 is 0 Å². The van der Waals surface area contributed by atoms with Crippen LogP contribution in [0, 0.1) is 5.82 Å². The molecule has 0 bridgehead atoms. The normalized spacial score (nSPS) is 13.8. The Morgan fingerprint density at radius 1 is 0.881 bits per heavy atom. The number of hydrogen-bond acceptors (Lipinski definition) is 7. The first-order valence-electron chi connectivity index (χ1n) is 13.4. The van der Waals surface area contributed by atoms with Crippen molar-refractivity contribution in [3.05, 3.63) is 101 Å². The Bertz CT molecular complexity index is 1790. The highest BCUT2D eigenvalue weighted by Gasteiger charge is 2.26. The quantitative estimate of drug-likeness (QED) is 0.287. The summed E-state index contributed by atoms with van der Waals surface area (Å²) in [5.41, 5.74) is 2.37. The minimum absolute atomic E-state index is 0.00806. The van der Waals surface area contributed by atoms with Crippen LogP contribution in [0.25, 0.3) is 22.6 Å². The maximum atomic E-state index is 13.8. The molecule has 0 saturated carbocycles. The molecule has 0 aliphatic carbocycles. The van der Waals surface area contributed by atoms with Crippen molar-refractivity contribution < 1.29 is 18.7 Å². The van der Waals surface area contributed by atoms with Crippen molar-refractivity contribution >= 4 is 23.3 Å². The van der Waals surface area contributed by atoms with Crippen LogP contribution in [0.5, 0.6) is 5.75 Å². The van der Waals surface area contributed by atoms with Crippen molar-refractivity contribution in [3.63, 3.8) is 0 Å². The maximum Gasteiger partial charge on any atom is 0.301 e. The average Bonchev–Trinajstić information content (AvgIpc) is 3.67. The number of hydrogen-bond donors (Lipinski definition) is 0. The summed E-state index contributed by atoms with van der Waals surface area (Å²) in [7, 11) is 1.58. The summed E-state index contributed by atoms with van der Waals surface area (Å²) in [6, 6.07) is 22.1. The highest BCUT2D eigenvalue weighted by Crippen LogP contribution is 2.26. The monoisotopic (exact) mass is 583 g/mol. The molecule has 212 valence electrons. The van der Waals surface area contributed by atoms with Gasteiger partial charge in [-0.25, -0.2) is 9.07 Å². The first-order valence-corrected chi connectivity index (χ1v) is 14.2. The van der Waals surface area contributed by atoms with E-state index in [2.05, 4.69) is 20.4 Å². The summed E-state index contributed by atoms with van der Waals surface area (Å²) in [5, 5.41) is 13.0. The molecule has 42 heavy (non-hydrogen) atoms. The van der Waals surface area contributed by atoms with Gasteiger partial charge in [0.1, 0.15) is 17.3 Å². The van der Waals surface area contributed by atoms with Crippen LogP contribution in [0.2, 0.25) is 0 Å². The molecule has 1 aliphatic heterocycles. The van der Waals surface area contributed by atoms with Crippen LogP contribution in [0.1, 0.15) is 40.2 Å². The first kappa shape index (κ1) is 27.2. The maximum absolute atomic E-state index is 13.8. The van der Waals surface area contributed by atoms with Gasteiger partial charge in [0.25, 0.3) is 5.91 Å². The number of ether oxygens (including phenoxy) is 1. The molecule has 12 heteroatoms. The zero-order valence-corrected chi connectivity index (χ0v) is 23.5. The van der Waals surface area contributed by atoms with E-state index in [0.717, 1.165) is 30.8 Å². The van der Waals surface area contributed by atoms with Gasteiger partial charge in [-0.2, -0.15) is 9.06 Å².